The number of hydrogen-bond donors (Lipinski definition) is 2. The molecule has 0 unspecified atom stereocenters. The fraction of sp³-hybridized carbons (Fsp3) is 0.0952. The van der Waals surface area contributed by atoms with Crippen molar-refractivity contribution >= 4 is 17.5 Å². The molecule has 3 N–H and O–H groups in total. The standard InChI is InChI=1S/C21H19N3O4/c1-28-15-7-4-6-14(12-15)13-24-11-5-9-17(21(24)27)20(26)23-18-10-3-2-8-16(18)19(22)25/h2-12H,13H2,1H3,(H2,22,25)(H,23,26). The number of primary amides is 1. The fourth-order valence-electron chi connectivity index (χ4n) is 2.80. The highest BCUT2D eigenvalue weighted by Gasteiger charge is 2.15. The van der Waals surface area contributed by atoms with Crippen LogP contribution in [0.1, 0.15) is 26.3 Å². The van der Waals surface area contributed by atoms with Gasteiger partial charge in [0.2, 0.25) is 0 Å². The van der Waals surface area contributed by atoms with Crippen LogP contribution in [0.15, 0.2) is 71.7 Å². The van der Waals surface area contributed by atoms with Gasteiger partial charge in [0, 0.05) is 6.20 Å². The van der Waals surface area contributed by atoms with E-state index in [2.05, 4.69) is 5.32 Å². The van der Waals surface area contributed by atoms with Gasteiger partial charge in [-0.25, -0.2) is 0 Å². The van der Waals surface area contributed by atoms with E-state index >= 15 is 0 Å². The van der Waals surface area contributed by atoms with Crippen molar-refractivity contribution < 1.29 is 14.3 Å². The van der Waals surface area contributed by atoms with Gasteiger partial charge in [-0.15, -0.1) is 0 Å². The number of nitrogens with zero attached hydrogens (tertiary/aromatic N) is 1. The molecule has 7 nitrogen and oxygen atoms in total. The Morgan fingerprint density at radius 1 is 1.04 bits per heavy atom. The van der Waals surface area contributed by atoms with Crippen LogP contribution in [0.2, 0.25) is 0 Å². The van der Waals surface area contributed by atoms with Crippen molar-refractivity contribution in [1.82, 2.24) is 4.57 Å². The second-order valence-corrected chi connectivity index (χ2v) is 6.07. The number of amides is 2. The number of hydrogen-bond acceptors (Lipinski definition) is 4. The molecule has 0 bridgehead atoms. The van der Waals surface area contributed by atoms with Gasteiger partial charge in [0.15, 0.2) is 0 Å². The van der Waals surface area contributed by atoms with Gasteiger partial charge >= 0.3 is 0 Å². The maximum absolute atomic E-state index is 12.8. The first-order chi connectivity index (χ1) is 13.5. The number of rotatable bonds is 6. The van der Waals surface area contributed by atoms with Crippen LogP contribution in [-0.2, 0) is 6.54 Å². The summed E-state index contributed by atoms with van der Waals surface area (Å²) < 4.78 is 6.63. The Kier molecular flexibility index (Phi) is 5.55. The lowest BCUT2D eigenvalue weighted by Crippen LogP contribution is -2.29. The normalized spacial score (nSPS) is 10.3. The van der Waals surface area contributed by atoms with Crippen molar-refractivity contribution in [1.29, 1.82) is 0 Å². The summed E-state index contributed by atoms with van der Waals surface area (Å²) in [6.45, 7) is 0.287. The molecule has 0 aliphatic carbocycles. The van der Waals surface area contributed by atoms with Crippen molar-refractivity contribution in [2.24, 2.45) is 5.73 Å². The van der Waals surface area contributed by atoms with Gasteiger partial charge in [0.25, 0.3) is 17.4 Å². The summed E-state index contributed by atoms with van der Waals surface area (Å²) in [5.74, 6) is -0.597. The van der Waals surface area contributed by atoms with Crippen LogP contribution < -0.4 is 21.3 Å². The molecule has 0 saturated carbocycles. The van der Waals surface area contributed by atoms with E-state index in [9.17, 15) is 14.4 Å². The molecule has 0 aliphatic heterocycles. The molecule has 1 aromatic heterocycles. The number of methoxy groups -OCH3 is 1. The summed E-state index contributed by atoms with van der Waals surface area (Å²) in [6.07, 6.45) is 1.61. The topological polar surface area (TPSA) is 103 Å². The van der Waals surface area contributed by atoms with Crippen molar-refractivity contribution in [2.45, 2.75) is 6.54 Å². The zero-order valence-corrected chi connectivity index (χ0v) is 15.2. The lowest BCUT2D eigenvalue weighted by atomic mass is 10.1. The fourth-order valence-corrected chi connectivity index (χ4v) is 2.80. The van der Waals surface area contributed by atoms with Gasteiger partial charge in [-0.3, -0.25) is 14.4 Å². The first-order valence-electron chi connectivity index (χ1n) is 8.52. The van der Waals surface area contributed by atoms with E-state index in [0.717, 1.165) is 5.56 Å². The number of carbonyl (C=O) groups is 2. The Morgan fingerprint density at radius 3 is 2.54 bits per heavy atom. The highest BCUT2D eigenvalue weighted by Crippen LogP contribution is 2.16. The number of carbonyl (C=O) groups excluding carboxylic acids is 2. The van der Waals surface area contributed by atoms with Gasteiger partial charge in [0.05, 0.1) is 24.9 Å². The summed E-state index contributed by atoms with van der Waals surface area (Å²) in [5, 5.41) is 2.59. The van der Waals surface area contributed by atoms with Crippen molar-refractivity contribution in [3.8, 4) is 5.75 Å². The van der Waals surface area contributed by atoms with Crippen LogP contribution in [0.4, 0.5) is 5.69 Å². The highest BCUT2D eigenvalue weighted by atomic mass is 16.5. The van der Waals surface area contributed by atoms with E-state index < -0.39 is 17.4 Å². The largest absolute Gasteiger partial charge is 0.497 e. The predicted molar refractivity (Wildman–Crippen MR) is 106 cm³/mol. The number of pyridine rings is 1. The summed E-state index contributed by atoms with van der Waals surface area (Å²) in [5.41, 5.74) is 6.13. The highest BCUT2D eigenvalue weighted by molar-refractivity contribution is 6.08. The van der Waals surface area contributed by atoms with Gasteiger partial charge in [-0.1, -0.05) is 24.3 Å². The maximum Gasteiger partial charge on any atom is 0.263 e. The van der Waals surface area contributed by atoms with E-state index in [-0.39, 0.29) is 23.4 Å². The van der Waals surface area contributed by atoms with Crippen LogP contribution in [0.3, 0.4) is 0 Å². The SMILES string of the molecule is COc1cccc(Cn2cccc(C(=O)Nc3ccccc3C(N)=O)c2=O)c1. The Bertz CT molecular complexity index is 1090. The van der Waals surface area contributed by atoms with E-state index in [1.807, 2.05) is 24.3 Å². The minimum absolute atomic E-state index is 0.0373. The Balaban J connectivity index is 1.87. The molecular weight excluding hydrogens is 358 g/mol. The molecule has 0 atom stereocenters. The molecule has 0 saturated heterocycles. The molecule has 0 fully saturated rings. The Hall–Kier alpha value is -3.87. The maximum atomic E-state index is 12.8. The second-order valence-electron chi connectivity index (χ2n) is 6.07. The predicted octanol–water partition coefficient (Wildman–Crippen LogP) is 2.26. The monoisotopic (exact) mass is 377 g/mol. The van der Waals surface area contributed by atoms with Gasteiger partial charge < -0.3 is 20.4 Å². The number of nitrogens with two attached hydrogens (primary N) is 1. The minimum Gasteiger partial charge on any atom is -0.497 e. The lowest BCUT2D eigenvalue weighted by Gasteiger charge is -2.11. The molecule has 0 radical (unpaired) electrons. The van der Waals surface area contributed by atoms with Crippen molar-refractivity contribution in [2.75, 3.05) is 12.4 Å². The smallest absolute Gasteiger partial charge is 0.263 e. The van der Waals surface area contributed by atoms with Crippen LogP contribution in [0.5, 0.6) is 5.75 Å². The molecule has 142 valence electrons. The minimum atomic E-state index is -0.667. The number of para-hydroxylation sites is 1. The third-order valence-corrected chi connectivity index (χ3v) is 4.19. The van der Waals surface area contributed by atoms with Gasteiger partial charge in [-0.2, -0.15) is 0 Å². The molecule has 1 heterocycles. The number of ether oxygens (including phenoxy) is 1. The molecule has 0 spiro atoms. The first-order valence-corrected chi connectivity index (χ1v) is 8.52. The van der Waals surface area contributed by atoms with E-state index in [1.165, 1.54) is 16.7 Å². The summed E-state index contributed by atoms with van der Waals surface area (Å²) in [4.78, 5) is 36.9. The summed E-state index contributed by atoms with van der Waals surface area (Å²) in [6, 6.07) is 16.7. The Labute approximate surface area is 161 Å². The molecule has 3 rings (SSSR count). The summed E-state index contributed by atoms with van der Waals surface area (Å²) >= 11 is 0. The third-order valence-electron chi connectivity index (χ3n) is 4.19. The van der Waals surface area contributed by atoms with Gasteiger partial charge in [-0.05, 0) is 42.0 Å². The zero-order chi connectivity index (χ0) is 20.1. The molecule has 0 aliphatic rings. The zero-order valence-electron chi connectivity index (χ0n) is 15.2. The van der Waals surface area contributed by atoms with Crippen molar-refractivity contribution in [3.63, 3.8) is 0 Å². The van der Waals surface area contributed by atoms with Gasteiger partial charge in [0.1, 0.15) is 11.3 Å². The van der Waals surface area contributed by atoms with E-state index in [4.69, 9.17) is 10.5 Å². The van der Waals surface area contributed by atoms with E-state index in [0.29, 0.717) is 5.75 Å². The van der Waals surface area contributed by atoms with Crippen LogP contribution in [0, 0.1) is 0 Å². The molecule has 2 aromatic carbocycles. The number of nitrogens with one attached hydrogen (secondary N) is 1. The average Bonchev–Trinajstić information content (AvgIpc) is 2.70. The van der Waals surface area contributed by atoms with E-state index in [1.54, 1.807) is 37.6 Å². The average molecular weight is 377 g/mol. The quantitative estimate of drug-likeness (QED) is 0.688. The second kappa shape index (κ2) is 8.22. The molecular formula is C21H19N3O4. The van der Waals surface area contributed by atoms with Crippen LogP contribution >= 0.6 is 0 Å². The molecule has 2 amide bonds. The molecule has 28 heavy (non-hydrogen) atoms. The number of aromatic nitrogens is 1. The Morgan fingerprint density at radius 2 is 1.79 bits per heavy atom. The lowest BCUT2D eigenvalue weighted by molar-refractivity contribution is 0.100. The van der Waals surface area contributed by atoms with Crippen LogP contribution in [0.25, 0.3) is 0 Å². The molecule has 3 aromatic rings. The first kappa shape index (κ1) is 18.9. The number of anilines is 1. The summed E-state index contributed by atoms with van der Waals surface area (Å²) in [7, 11) is 1.57. The van der Waals surface area contributed by atoms with Crippen molar-refractivity contribution in [3.05, 3.63) is 93.9 Å². The third kappa shape index (κ3) is 4.09. The van der Waals surface area contributed by atoms with Crippen LogP contribution in [-0.4, -0.2) is 23.5 Å². The molecule has 7 heteroatoms. The number of benzene rings is 2.